The number of hydrogen-bond donors (Lipinski definition) is 5. The molecule has 14 heteroatoms. The van der Waals surface area contributed by atoms with E-state index in [-0.39, 0.29) is 59.4 Å². The van der Waals surface area contributed by atoms with E-state index in [9.17, 15) is 24.3 Å². The Hall–Kier alpha value is -2.19. The Morgan fingerprint density at radius 2 is 1.64 bits per heavy atom. The highest BCUT2D eigenvalue weighted by Crippen LogP contribution is 2.35. The molecule has 4 rings (SSSR count). The number of amides is 3. The highest BCUT2D eigenvalue weighted by Gasteiger charge is 2.44. The van der Waals surface area contributed by atoms with Gasteiger partial charge in [-0.3, -0.25) is 29.5 Å². The Bertz CT molecular complexity index is 1380. The Morgan fingerprint density at radius 3 is 2.24 bits per heavy atom. The van der Waals surface area contributed by atoms with Gasteiger partial charge in [0, 0.05) is 36.1 Å². The van der Waals surface area contributed by atoms with Crippen LogP contribution in [0.2, 0.25) is 0 Å². The second-order valence-corrected chi connectivity index (χ2v) is 16.1. The van der Waals surface area contributed by atoms with Crippen LogP contribution < -0.4 is 22.1 Å². The van der Waals surface area contributed by atoms with Crippen LogP contribution in [0.3, 0.4) is 0 Å². The van der Waals surface area contributed by atoms with Gasteiger partial charge in [-0.2, -0.15) is 0 Å². The minimum atomic E-state index is -1.54. The maximum absolute atomic E-state index is 14.7. The first kappa shape index (κ1) is 44.0. The van der Waals surface area contributed by atoms with E-state index in [1.807, 2.05) is 44.2 Å². The van der Waals surface area contributed by atoms with Gasteiger partial charge in [0.2, 0.25) is 11.8 Å². The summed E-state index contributed by atoms with van der Waals surface area (Å²) in [5.74, 6) is -0.00109. The van der Waals surface area contributed by atoms with Crippen molar-refractivity contribution in [1.82, 2.24) is 15.6 Å². The maximum Gasteiger partial charge on any atom is 0.276 e. The van der Waals surface area contributed by atoms with E-state index in [0.29, 0.717) is 18.8 Å². The lowest BCUT2D eigenvalue weighted by atomic mass is 9.77. The second-order valence-electron chi connectivity index (χ2n) is 13.3. The number of carbonyl (C=O) groups is 4. The SMILES string of the molecule is CC[C@H](C)[C@H](N)C(=O)NC(=O)c1ccc(C(=O)[C@@](Cc2ccccc2)(CC(O)CCC2CCCCC2)NC(=O)[C@@H](N)C2SCCS2)cn1.Cl.Cl. The average molecular weight is 771 g/mol. The molecule has 1 aromatic carbocycles. The number of Topliss-reactive ketones (excluding diaryl/α,β-unsaturated/α-hetero) is 1. The normalized spacial score (nSPS) is 18.7. The highest BCUT2D eigenvalue weighted by atomic mass is 35.5. The van der Waals surface area contributed by atoms with E-state index in [1.54, 1.807) is 23.5 Å². The smallest absolute Gasteiger partial charge is 0.276 e. The van der Waals surface area contributed by atoms with Crippen molar-refractivity contribution in [1.29, 1.82) is 0 Å². The largest absolute Gasteiger partial charge is 0.393 e. The molecule has 2 aromatic rings. The molecule has 0 radical (unpaired) electrons. The zero-order valence-corrected chi connectivity index (χ0v) is 32.1. The van der Waals surface area contributed by atoms with Gasteiger partial charge in [-0.15, -0.1) is 48.3 Å². The lowest BCUT2D eigenvalue weighted by Gasteiger charge is -2.37. The Labute approximate surface area is 317 Å². The number of nitrogens with zero attached hydrogens (tertiary/aromatic N) is 1. The number of halogens is 2. The molecule has 3 amide bonds. The van der Waals surface area contributed by atoms with Crippen LogP contribution in [0.5, 0.6) is 0 Å². The predicted octanol–water partition coefficient (Wildman–Crippen LogP) is 5.08. The topological polar surface area (TPSA) is 178 Å². The van der Waals surface area contributed by atoms with E-state index >= 15 is 0 Å². The van der Waals surface area contributed by atoms with E-state index < -0.39 is 47.2 Å². The number of carbonyl (C=O) groups excluding carboxylic acids is 4. The lowest BCUT2D eigenvalue weighted by molar-refractivity contribution is -0.124. The van der Waals surface area contributed by atoms with Crippen molar-refractivity contribution in [2.45, 2.75) is 106 Å². The fraction of sp³-hybridized carbons (Fsp3) is 0.583. The van der Waals surface area contributed by atoms with Gasteiger partial charge in [0.25, 0.3) is 5.91 Å². The standard InChI is InChI=1S/C36H51N5O5S2.2ClH/c1-3-23(2)29(37)33(45)40-32(44)28-17-15-26(22-39-28)31(43)36(20-25-12-8-5-9-13-25,41-34(46)30(38)35-47-18-19-48-35)21-27(42)16-14-24-10-6-4-7-11-24;;/h5,8-9,12-13,15,17,22-24,27,29-30,35,42H,3-4,6-7,10-11,14,16,18-21,37-38H2,1-2H3,(H,41,46)(H,40,44,45);2*1H/t23-,27?,29-,30+,36+;;/m0../s1. The molecule has 10 nitrogen and oxygen atoms in total. The average Bonchev–Trinajstić information content (AvgIpc) is 3.65. The molecule has 5 atom stereocenters. The molecule has 0 spiro atoms. The van der Waals surface area contributed by atoms with Gasteiger partial charge < -0.3 is 21.9 Å². The summed E-state index contributed by atoms with van der Waals surface area (Å²) in [6, 6.07) is 10.5. The van der Waals surface area contributed by atoms with Gasteiger partial charge in [0.1, 0.15) is 17.3 Å². The maximum atomic E-state index is 14.7. The minimum Gasteiger partial charge on any atom is -0.393 e. The number of thioether (sulfide) groups is 2. The molecular formula is C36H53Cl2N5O5S2. The molecule has 278 valence electrons. The summed E-state index contributed by atoms with van der Waals surface area (Å²) >= 11 is 3.25. The van der Waals surface area contributed by atoms with Gasteiger partial charge in [-0.05, 0) is 42.4 Å². The van der Waals surface area contributed by atoms with Crippen molar-refractivity contribution in [2.75, 3.05) is 11.5 Å². The van der Waals surface area contributed by atoms with E-state index in [0.717, 1.165) is 36.3 Å². The van der Waals surface area contributed by atoms with Crippen molar-refractivity contribution >= 4 is 71.8 Å². The van der Waals surface area contributed by atoms with Crippen LogP contribution >= 0.6 is 48.3 Å². The molecule has 1 unspecified atom stereocenters. The van der Waals surface area contributed by atoms with Crippen LogP contribution in [0.4, 0.5) is 0 Å². The first-order valence-corrected chi connectivity index (χ1v) is 19.3. The van der Waals surface area contributed by atoms with Gasteiger partial charge in [0.05, 0.1) is 16.7 Å². The van der Waals surface area contributed by atoms with Gasteiger partial charge in [-0.25, -0.2) is 0 Å². The molecule has 2 aliphatic rings. The molecule has 1 aliphatic carbocycles. The van der Waals surface area contributed by atoms with Crippen LogP contribution in [0.1, 0.15) is 98.0 Å². The van der Waals surface area contributed by atoms with Crippen LogP contribution in [0, 0.1) is 11.8 Å². The summed E-state index contributed by atoms with van der Waals surface area (Å²) in [5.41, 5.74) is 11.8. The van der Waals surface area contributed by atoms with Crippen molar-refractivity contribution < 1.29 is 24.3 Å². The monoisotopic (exact) mass is 769 g/mol. The fourth-order valence-electron chi connectivity index (χ4n) is 6.49. The molecule has 0 bridgehead atoms. The third-order valence-electron chi connectivity index (χ3n) is 9.66. The number of nitrogens with two attached hydrogens (primary N) is 2. The van der Waals surface area contributed by atoms with E-state index in [2.05, 4.69) is 15.6 Å². The first-order chi connectivity index (χ1) is 23.0. The van der Waals surface area contributed by atoms with Gasteiger partial charge in [0.15, 0.2) is 5.78 Å². The van der Waals surface area contributed by atoms with Gasteiger partial charge >= 0.3 is 0 Å². The van der Waals surface area contributed by atoms with Crippen molar-refractivity contribution in [2.24, 2.45) is 23.3 Å². The zero-order chi connectivity index (χ0) is 34.7. The third-order valence-corrected chi connectivity index (χ3v) is 12.9. The molecular weight excluding hydrogens is 717 g/mol. The molecule has 50 heavy (non-hydrogen) atoms. The summed E-state index contributed by atoms with van der Waals surface area (Å²) in [4.78, 5) is 58.0. The summed E-state index contributed by atoms with van der Waals surface area (Å²) in [7, 11) is 0. The van der Waals surface area contributed by atoms with Crippen LogP contribution in [-0.4, -0.2) is 73.4 Å². The fourth-order valence-corrected chi connectivity index (χ4v) is 9.35. The molecule has 1 saturated heterocycles. The predicted molar refractivity (Wildman–Crippen MR) is 207 cm³/mol. The number of ketones is 1. The number of benzene rings is 1. The van der Waals surface area contributed by atoms with Crippen LogP contribution in [-0.2, 0) is 16.0 Å². The third kappa shape index (κ3) is 12.2. The molecule has 1 aliphatic heterocycles. The van der Waals surface area contributed by atoms with Crippen molar-refractivity contribution in [3.05, 3.63) is 65.5 Å². The molecule has 1 saturated carbocycles. The number of pyridine rings is 1. The molecule has 2 fully saturated rings. The summed E-state index contributed by atoms with van der Waals surface area (Å²) in [6.07, 6.45) is 8.49. The summed E-state index contributed by atoms with van der Waals surface area (Å²) < 4.78 is -0.138. The quantitative estimate of drug-likeness (QED) is 0.145. The molecule has 2 heterocycles. The first-order valence-electron chi connectivity index (χ1n) is 17.2. The highest BCUT2D eigenvalue weighted by molar-refractivity contribution is 8.20. The van der Waals surface area contributed by atoms with Crippen molar-refractivity contribution in [3.8, 4) is 0 Å². The minimum absolute atomic E-state index is 0. The number of rotatable bonds is 16. The van der Waals surface area contributed by atoms with Crippen LogP contribution in [0.15, 0.2) is 48.7 Å². The molecule has 7 N–H and O–H groups in total. The lowest BCUT2D eigenvalue weighted by Crippen LogP contribution is -2.61. The number of aliphatic hydroxyl groups is 1. The number of aromatic nitrogens is 1. The second kappa shape index (κ2) is 21.4. The van der Waals surface area contributed by atoms with Crippen LogP contribution in [0.25, 0.3) is 0 Å². The number of imide groups is 1. The number of hydrogen-bond acceptors (Lipinski definition) is 10. The zero-order valence-electron chi connectivity index (χ0n) is 28.9. The van der Waals surface area contributed by atoms with Gasteiger partial charge in [-0.1, -0.05) is 82.7 Å². The summed E-state index contributed by atoms with van der Waals surface area (Å²) in [5, 5.41) is 16.8. The van der Waals surface area contributed by atoms with E-state index in [4.69, 9.17) is 11.5 Å². The number of nitrogens with one attached hydrogen (secondary N) is 2. The molecule has 1 aromatic heterocycles. The van der Waals surface area contributed by atoms with E-state index in [1.165, 1.54) is 37.6 Å². The Morgan fingerprint density at radius 1 is 0.980 bits per heavy atom. The Kier molecular flexibility index (Phi) is 18.8. The van der Waals surface area contributed by atoms with Crippen molar-refractivity contribution in [3.63, 3.8) is 0 Å². The summed E-state index contributed by atoms with van der Waals surface area (Å²) in [6.45, 7) is 3.74. The number of aliphatic hydroxyl groups excluding tert-OH is 1. The Balaban J connectivity index is 0.00000433.